The van der Waals surface area contributed by atoms with Crippen molar-refractivity contribution in [2.24, 2.45) is 35.5 Å². The number of esters is 2. The molecule has 2 aliphatic rings. The summed E-state index contributed by atoms with van der Waals surface area (Å²) in [6, 6.07) is 0. The number of hydrogen-bond acceptors (Lipinski definition) is 7. The zero-order valence-corrected chi connectivity index (χ0v) is 24.3. The first-order valence-corrected chi connectivity index (χ1v) is 13.8. The summed E-state index contributed by atoms with van der Waals surface area (Å²) in [5.74, 6) is 2.50. The molecule has 0 radical (unpaired) electrons. The van der Waals surface area contributed by atoms with Gasteiger partial charge in [-0.1, -0.05) is 54.4 Å². The average Bonchev–Trinajstić information content (AvgIpc) is 2.74. The van der Waals surface area contributed by atoms with Gasteiger partial charge in [-0.3, -0.25) is 14.4 Å². The highest BCUT2D eigenvalue weighted by Gasteiger charge is 2.34. The van der Waals surface area contributed by atoms with Gasteiger partial charge in [-0.15, -0.1) is 0 Å². The maximum atomic E-state index is 11.6. The van der Waals surface area contributed by atoms with Gasteiger partial charge in [0.1, 0.15) is 24.4 Å². The SMILES string of the molecule is CC(=O)CC(=O)O[C@@H]1C[C@H](C)CC[C@H]1C(C)C.CC(C)[C@@H]1CC[C@@H](C)C[C@H]1OC(=O)C[C@@H](C)O.CO.[HH]. The Labute approximate surface area is 221 Å². The second kappa shape index (κ2) is 17.9. The topological polar surface area (TPSA) is 110 Å². The predicted octanol–water partition coefficient (Wildman–Crippen LogP) is 5.59. The van der Waals surface area contributed by atoms with Crippen LogP contribution in [0.2, 0.25) is 0 Å². The number of carbonyl (C=O) groups is 3. The monoisotopic (exact) mass is 516 g/mol. The number of Topliss-reactive ketones (excluding diaryl/α,β-unsaturated/α-hetero) is 1. The number of hydrogen-bond donors (Lipinski definition) is 2. The molecule has 7 nitrogen and oxygen atoms in total. The van der Waals surface area contributed by atoms with Crippen molar-refractivity contribution in [3.63, 3.8) is 0 Å². The van der Waals surface area contributed by atoms with Crippen molar-refractivity contribution in [3.8, 4) is 0 Å². The predicted molar refractivity (Wildman–Crippen MR) is 144 cm³/mol. The smallest absolute Gasteiger partial charge is 0.313 e. The summed E-state index contributed by atoms with van der Waals surface area (Å²) in [5.41, 5.74) is 0. The summed E-state index contributed by atoms with van der Waals surface area (Å²) in [7, 11) is 1.00. The lowest BCUT2D eigenvalue weighted by Gasteiger charge is -2.36. The van der Waals surface area contributed by atoms with E-state index in [1.807, 2.05) is 0 Å². The van der Waals surface area contributed by atoms with Gasteiger partial charge in [-0.2, -0.15) is 0 Å². The van der Waals surface area contributed by atoms with Gasteiger partial charge in [0.2, 0.25) is 0 Å². The van der Waals surface area contributed by atoms with Crippen LogP contribution in [0.5, 0.6) is 0 Å². The number of rotatable bonds is 8. The van der Waals surface area contributed by atoms with Crippen molar-refractivity contribution in [2.45, 2.75) is 125 Å². The number of ketones is 1. The van der Waals surface area contributed by atoms with Crippen molar-refractivity contribution >= 4 is 17.7 Å². The molecule has 0 spiro atoms. The minimum Gasteiger partial charge on any atom is -0.462 e. The van der Waals surface area contributed by atoms with Gasteiger partial charge < -0.3 is 19.7 Å². The molecule has 0 heterocycles. The van der Waals surface area contributed by atoms with E-state index >= 15 is 0 Å². The first-order chi connectivity index (χ1) is 16.8. The van der Waals surface area contributed by atoms with E-state index in [1.165, 1.54) is 19.8 Å². The zero-order valence-electron chi connectivity index (χ0n) is 24.3. The molecule has 0 unspecified atom stereocenters. The lowest BCUT2D eigenvalue weighted by Crippen LogP contribution is -2.36. The van der Waals surface area contributed by atoms with Crippen LogP contribution in [0, 0.1) is 35.5 Å². The molecule has 2 rings (SSSR count). The van der Waals surface area contributed by atoms with Crippen molar-refractivity contribution < 1.29 is 35.5 Å². The third kappa shape index (κ3) is 13.7. The largest absolute Gasteiger partial charge is 0.462 e. The Morgan fingerprint density at radius 2 is 1.17 bits per heavy atom. The normalized spacial score (nSPS) is 28.7. The van der Waals surface area contributed by atoms with Crippen LogP contribution in [-0.2, 0) is 23.9 Å². The molecule has 0 aromatic heterocycles. The standard InChI is InChI=1S/C14H26O3.C14H24O3.CH4O.H2/c2*1-9(2)12-6-5-10(3)7-13(12)17-14(16)8-11(4)15;1-2;/h9-13,15H,5-8H2,1-4H3;9-10,12-13H,5-8H2,1-4H3;2H,1H3;1H/t10-,11-,12+,13-;10-,12+,13-;;/m11../s1. The fraction of sp³-hybridized carbons (Fsp3) is 0.897. The molecule has 7 heteroatoms. The molecule has 2 aliphatic carbocycles. The highest BCUT2D eigenvalue weighted by atomic mass is 16.5. The van der Waals surface area contributed by atoms with E-state index in [4.69, 9.17) is 14.6 Å². The van der Waals surface area contributed by atoms with Crippen LogP contribution >= 0.6 is 0 Å². The third-order valence-corrected chi connectivity index (χ3v) is 7.34. The maximum Gasteiger partial charge on any atom is 0.313 e. The summed E-state index contributed by atoms with van der Waals surface area (Å²) >= 11 is 0. The second-order valence-electron chi connectivity index (χ2n) is 11.6. The van der Waals surface area contributed by atoms with Gasteiger partial charge in [-0.25, -0.2) is 0 Å². The minimum absolute atomic E-state index is 0. The summed E-state index contributed by atoms with van der Waals surface area (Å²) in [5, 5.41) is 16.2. The van der Waals surface area contributed by atoms with Gasteiger partial charge >= 0.3 is 11.9 Å². The molecule has 7 atom stereocenters. The number of ether oxygens (including phenoxy) is 2. The molecular formula is C29H56O7. The van der Waals surface area contributed by atoms with Gasteiger partial charge in [0.15, 0.2) is 0 Å². The van der Waals surface area contributed by atoms with E-state index in [9.17, 15) is 19.5 Å². The molecule has 2 saturated carbocycles. The molecule has 0 aromatic rings. The van der Waals surface area contributed by atoms with Crippen LogP contribution in [-0.4, -0.2) is 53.4 Å². The molecule has 0 amide bonds. The lowest BCUT2D eigenvalue weighted by atomic mass is 9.75. The Balaban J connectivity index is 0. The molecule has 0 saturated heterocycles. The van der Waals surface area contributed by atoms with Gasteiger partial charge in [0.25, 0.3) is 0 Å². The van der Waals surface area contributed by atoms with E-state index in [1.54, 1.807) is 6.92 Å². The van der Waals surface area contributed by atoms with Crippen LogP contribution in [0.4, 0.5) is 0 Å². The fourth-order valence-electron chi connectivity index (χ4n) is 5.37. The fourth-order valence-corrected chi connectivity index (χ4v) is 5.37. The summed E-state index contributed by atoms with van der Waals surface area (Å²) < 4.78 is 11.0. The van der Waals surface area contributed by atoms with Crippen molar-refractivity contribution in [1.82, 2.24) is 0 Å². The Kier molecular flexibility index (Phi) is 17.2. The van der Waals surface area contributed by atoms with Crippen LogP contribution in [0.25, 0.3) is 0 Å². The maximum absolute atomic E-state index is 11.6. The molecule has 214 valence electrons. The van der Waals surface area contributed by atoms with E-state index in [0.717, 1.165) is 32.8 Å². The number of carbonyl (C=O) groups excluding carboxylic acids is 3. The lowest BCUT2D eigenvalue weighted by molar-refractivity contribution is -0.158. The third-order valence-electron chi connectivity index (χ3n) is 7.34. The first kappa shape index (κ1) is 34.5. The Hall–Kier alpha value is -1.47. The molecule has 36 heavy (non-hydrogen) atoms. The molecule has 0 bridgehead atoms. The van der Waals surface area contributed by atoms with E-state index in [2.05, 4.69) is 41.5 Å². The van der Waals surface area contributed by atoms with Crippen molar-refractivity contribution in [3.05, 3.63) is 0 Å². The van der Waals surface area contributed by atoms with E-state index < -0.39 is 6.10 Å². The van der Waals surface area contributed by atoms with Crippen LogP contribution in [0.1, 0.15) is 108 Å². The van der Waals surface area contributed by atoms with Crippen LogP contribution in [0.3, 0.4) is 0 Å². The van der Waals surface area contributed by atoms with Crippen molar-refractivity contribution in [1.29, 1.82) is 0 Å². The summed E-state index contributed by atoms with van der Waals surface area (Å²) in [6.45, 7) is 16.2. The number of aliphatic hydroxyl groups is 2. The number of aliphatic hydroxyl groups excluding tert-OH is 2. The summed E-state index contributed by atoms with van der Waals surface area (Å²) in [6.07, 6.45) is 6.07. The molecule has 0 aromatic carbocycles. The van der Waals surface area contributed by atoms with Crippen LogP contribution in [0.15, 0.2) is 0 Å². The second-order valence-corrected chi connectivity index (χ2v) is 11.6. The molecule has 2 N–H and O–H groups in total. The molecule has 2 fully saturated rings. The minimum atomic E-state index is -0.610. The van der Waals surface area contributed by atoms with Crippen molar-refractivity contribution in [2.75, 3.05) is 7.11 Å². The quantitative estimate of drug-likeness (QED) is 0.320. The Morgan fingerprint density at radius 1 is 0.778 bits per heavy atom. The highest BCUT2D eigenvalue weighted by molar-refractivity contribution is 5.94. The Morgan fingerprint density at radius 3 is 1.50 bits per heavy atom. The van der Waals surface area contributed by atoms with Crippen LogP contribution < -0.4 is 0 Å². The van der Waals surface area contributed by atoms with Gasteiger partial charge in [0, 0.05) is 8.54 Å². The molecule has 0 aliphatic heterocycles. The van der Waals surface area contributed by atoms with Gasteiger partial charge in [-0.05, 0) is 75.0 Å². The summed E-state index contributed by atoms with van der Waals surface area (Å²) in [4.78, 5) is 34.0. The van der Waals surface area contributed by atoms with Gasteiger partial charge in [0.05, 0.1) is 12.5 Å². The first-order valence-electron chi connectivity index (χ1n) is 13.8. The Bertz CT molecular complexity index is 650. The molecular weight excluding hydrogens is 460 g/mol. The highest BCUT2D eigenvalue weighted by Crippen LogP contribution is 2.36. The zero-order chi connectivity index (χ0) is 28.0. The van der Waals surface area contributed by atoms with E-state index in [-0.39, 0.29) is 44.2 Å². The van der Waals surface area contributed by atoms with E-state index in [0.29, 0.717) is 35.5 Å². The average molecular weight is 517 g/mol.